The number of nitrogens with two attached hydrogens (primary N) is 2. The van der Waals surface area contributed by atoms with E-state index in [1.165, 1.54) is 11.3 Å². The molecule has 0 atom stereocenters. The highest BCUT2D eigenvalue weighted by molar-refractivity contribution is 7.15. The number of nitrogens with zero attached hydrogens (tertiary/aromatic N) is 1. The third kappa shape index (κ3) is 1.69. The van der Waals surface area contributed by atoms with Gasteiger partial charge in [-0.25, -0.2) is 0 Å². The Morgan fingerprint density at radius 2 is 2.27 bits per heavy atom. The summed E-state index contributed by atoms with van der Waals surface area (Å²) >= 11 is 1.30. The van der Waals surface area contributed by atoms with Gasteiger partial charge in [0.2, 0.25) is 0 Å². The summed E-state index contributed by atoms with van der Waals surface area (Å²) in [5.74, 6) is -0.507. The predicted octanol–water partition coefficient (Wildman–Crippen LogP) is 1.49. The Balaban J connectivity index is 2.59. The molecule has 0 fully saturated rings. The Morgan fingerprint density at radius 1 is 1.47 bits per heavy atom. The van der Waals surface area contributed by atoms with Gasteiger partial charge < -0.3 is 11.5 Å². The summed E-state index contributed by atoms with van der Waals surface area (Å²) in [5, 5.41) is 2.26. The van der Waals surface area contributed by atoms with Gasteiger partial charge in [-0.05, 0) is 6.07 Å². The molecule has 0 aliphatic carbocycles. The molecular formula is C10H9N3OS. The van der Waals surface area contributed by atoms with Gasteiger partial charge in [-0.2, -0.15) is 0 Å². The van der Waals surface area contributed by atoms with Crippen molar-refractivity contribution in [3.8, 4) is 11.1 Å². The summed E-state index contributed by atoms with van der Waals surface area (Å²) in [7, 11) is 0. The van der Waals surface area contributed by atoms with Gasteiger partial charge in [0.05, 0.1) is 10.6 Å². The van der Waals surface area contributed by atoms with E-state index in [-0.39, 0.29) is 0 Å². The molecular weight excluding hydrogens is 210 g/mol. The monoisotopic (exact) mass is 219 g/mol. The van der Waals surface area contributed by atoms with E-state index < -0.39 is 5.91 Å². The zero-order chi connectivity index (χ0) is 10.8. The number of carbonyl (C=O) groups is 1. The first kappa shape index (κ1) is 9.67. The Kier molecular flexibility index (Phi) is 2.39. The zero-order valence-electron chi connectivity index (χ0n) is 7.81. The highest BCUT2D eigenvalue weighted by atomic mass is 32.1. The van der Waals surface area contributed by atoms with Crippen LogP contribution in [0.25, 0.3) is 11.1 Å². The number of pyridine rings is 1. The second-order valence-corrected chi connectivity index (χ2v) is 3.91. The lowest BCUT2D eigenvalue weighted by Crippen LogP contribution is -2.12. The SMILES string of the molecule is NC(=O)c1c(-c2cccnc2)csc1N. The minimum Gasteiger partial charge on any atom is -0.390 e. The zero-order valence-corrected chi connectivity index (χ0v) is 8.62. The van der Waals surface area contributed by atoms with Gasteiger partial charge in [-0.15, -0.1) is 11.3 Å². The van der Waals surface area contributed by atoms with Crippen molar-refractivity contribution in [3.05, 3.63) is 35.5 Å². The quantitative estimate of drug-likeness (QED) is 0.802. The maximum Gasteiger partial charge on any atom is 0.252 e. The summed E-state index contributed by atoms with van der Waals surface area (Å²) in [6, 6.07) is 3.66. The fraction of sp³-hybridized carbons (Fsp3) is 0. The van der Waals surface area contributed by atoms with Gasteiger partial charge >= 0.3 is 0 Å². The Bertz CT molecular complexity index is 493. The number of primary amides is 1. The molecule has 2 heterocycles. The molecule has 2 aromatic rings. The topological polar surface area (TPSA) is 82.0 Å². The van der Waals surface area contributed by atoms with Crippen molar-refractivity contribution in [1.29, 1.82) is 0 Å². The third-order valence-corrected chi connectivity index (χ3v) is 2.85. The van der Waals surface area contributed by atoms with Gasteiger partial charge in [0.25, 0.3) is 5.91 Å². The summed E-state index contributed by atoms with van der Waals surface area (Å²) in [6.07, 6.45) is 3.34. The summed E-state index contributed by atoms with van der Waals surface area (Å²) in [6.45, 7) is 0. The molecule has 76 valence electrons. The number of carbonyl (C=O) groups excluding carboxylic acids is 1. The lowest BCUT2D eigenvalue weighted by Gasteiger charge is -2.00. The first-order valence-corrected chi connectivity index (χ1v) is 5.15. The summed E-state index contributed by atoms with van der Waals surface area (Å²) in [5.41, 5.74) is 12.9. The van der Waals surface area contributed by atoms with E-state index >= 15 is 0 Å². The van der Waals surface area contributed by atoms with Gasteiger partial charge in [-0.1, -0.05) is 6.07 Å². The third-order valence-electron chi connectivity index (χ3n) is 2.04. The van der Waals surface area contributed by atoms with E-state index in [1.54, 1.807) is 18.5 Å². The van der Waals surface area contributed by atoms with Crippen LogP contribution in [0.2, 0.25) is 0 Å². The smallest absolute Gasteiger partial charge is 0.252 e. The van der Waals surface area contributed by atoms with Crippen LogP contribution in [0.1, 0.15) is 10.4 Å². The van der Waals surface area contributed by atoms with Crippen LogP contribution >= 0.6 is 11.3 Å². The maximum absolute atomic E-state index is 11.2. The van der Waals surface area contributed by atoms with Crippen molar-refractivity contribution in [2.45, 2.75) is 0 Å². The van der Waals surface area contributed by atoms with Crippen LogP contribution in [0, 0.1) is 0 Å². The Labute approximate surface area is 90.6 Å². The Hall–Kier alpha value is -1.88. The molecule has 0 aliphatic rings. The second-order valence-electron chi connectivity index (χ2n) is 2.99. The lowest BCUT2D eigenvalue weighted by atomic mass is 10.1. The van der Waals surface area contributed by atoms with Crippen molar-refractivity contribution in [2.75, 3.05) is 5.73 Å². The van der Waals surface area contributed by atoms with Crippen molar-refractivity contribution in [2.24, 2.45) is 5.73 Å². The van der Waals surface area contributed by atoms with E-state index in [4.69, 9.17) is 11.5 Å². The molecule has 5 heteroatoms. The molecule has 0 bridgehead atoms. The van der Waals surface area contributed by atoms with Crippen LogP contribution in [0.4, 0.5) is 5.00 Å². The highest BCUT2D eigenvalue weighted by Gasteiger charge is 2.15. The van der Waals surface area contributed by atoms with Crippen molar-refractivity contribution >= 4 is 22.2 Å². The van der Waals surface area contributed by atoms with Crippen LogP contribution in [0.3, 0.4) is 0 Å². The first-order chi connectivity index (χ1) is 7.20. The second kappa shape index (κ2) is 3.70. The van der Waals surface area contributed by atoms with Crippen LogP contribution in [-0.2, 0) is 0 Å². The lowest BCUT2D eigenvalue weighted by molar-refractivity contribution is 0.100. The van der Waals surface area contributed by atoms with E-state index in [0.29, 0.717) is 10.6 Å². The molecule has 0 unspecified atom stereocenters. The van der Waals surface area contributed by atoms with Crippen LogP contribution in [-0.4, -0.2) is 10.9 Å². The average molecular weight is 219 g/mol. The number of hydrogen-bond acceptors (Lipinski definition) is 4. The molecule has 2 aromatic heterocycles. The minimum absolute atomic E-state index is 0.382. The van der Waals surface area contributed by atoms with Crippen molar-refractivity contribution in [1.82, 2.24) is 4.98 Å². The first-order valence-electron chi connectivity index (χ1n) is 4.27. The van der Waals surface area contributed by atoms with Crippen LogP contribution < -0.4 is 11.5 Å². The molecule has 1 amide bonds. The number of hydrogen-bond donors (Lipinski definition) is 2. The van der Waals surface area contributed by atoms with E-state index in [1.807, 2.05) is 11.4 Å². The number of nitrogen functional groups attached to an aromatic ring is 1. The fourth-order valence-corrected chi connectivity index (χ4v) is 2.19. The van der Waals surface area contributed by atoms with Crippen LogP contribution in [0.15, 0.2) is 29.9 Å². The van der Waals surface area contributed by atoms with Gasteiger partial charge in [0.1, 0.15) is 0 Å². The molecule has 4 nitrogen and oxygen atoms in total. The van der Waals surface area contributed by atoms with E-state index in [0.717, 1.165) is 11.1 Å². The van der Waals surface area contributed by atoms with E-state index in [2.05, 4.69) is 4.98 Å². The van der Waals surface area contributed by atoms with E-state index in [9.17, 15) is 4.79 Å². The minimum atomic E-state index is -0.507. The molecule has 0 radical (unpaired) electrons. The highest BCUT2D eigenvalue weighted by Crippen LogP contribution is 2.32. The van der Waals surface area contributed by atoms with Gasteiger partial charge in [0.15, 0.2) is 0 Å². The molecule has 0 spiro atoms. The molecule has 15 heavy (non-hydrogen) atoms. The molecule has 2 rings (SSSR count). The molecule has 0 saturated heterocycles. The maximum atomic E-state index is 11.2. The Morgan fingerprint density at radius 3 is 2.87 bits per heavy atom. The number of amides is 1. The fourth-order valence-electron chi connectivity index (χ4n) is 1.36. The number of thiophene rings is 1. The predicted molar refractivity (Wildman–Crippen MR) is 60.5 cm³/mol. The van der Waals surface area contributed by atoms with Crippen molar-refractivity contribution < 1.29 is 4.79 Å². The molecule has 0 aliphatic heterocycles. The summed E-state index contributed by atoms with van der Waals surface area (Å²) < 4.78 is 0. The number of rotatable bonds is 2. The van der Waals surface area contributed by atoms with Crippen LogP contribution in [0.5, 0.6) is 0 Å². The van der Waals surface area contributed by atoms with Gasteiger partial charge in [0, 0.05) is 28.9 Å². The molecule has 4 N–H and O–H groups in total. The number of aromatic nitrogens is 1. The average Bonchev–Trinajstić information content (AvgIpc) is 2.61. The van der Waals surface area contributed by atoms with Crippen molar-refractivity contribution in [3.63, 3.8) is 0 Å². The molecule has 0 saturated carbocycles. The largest absolute Gasteiger partial charge is 0.390 e. The normalized spacial score (nSPS) is 10.1. The molecule has 0 aromatic carbocycles. The number of anilines is 1. The standard InChI is InChI=1S/C10H9N3OS/c11-9(14)8-7(5-15-10(8)12)6-2-1-3-13-4-6/h1-5H,12H2,(H2,11,14). The van der Waals surface area contributed by atoms with Gasteiger partial charge in [-0.3, -0.25) is 9.78 Å². The summed E-state index contributed by atoms with van der Waals surface area (Å²) in [4.78, 5) is 15.2.